The van der Waals surface area contributed by atoms with Gasteiger partial charge in [-0.1, -0.05) is 30.3 Å². The smallest absolute Gasteiger partial charge is 0.225 e. The summed E-state index contributed by atoms with van der Waals surface area (Å²) >= 11 is 0. The predicted octanol–water partition coefficient (Wildman–Crippen LogP) is 2.21. The number of aromatic nitrogens is 2. The standard InChI is InChI=1S/C18H24N4O/c1-2-6-17(7-3-1)16-21-10-5-11-22(13-15-23-14-12-21)18-19-8-4-9-20-18/h1-4,6-9H,5,10-16H2. The van der Waals surface area contributed by atoms with Gasteiger partial charge in [0.1, 0.15) is 0 Å². The minimum absolute atomic E-state index is 0.720. The number of hydrogen-bond acceptors (Lipinski definition) is 5. The first-order chi connectivity index (χ1) is 11.4. The van der Waals surface area contributed by atoms with Gasteiger partial charge < -0.3 is 9.64 Å². The third kappa shape index (κ3) is 5.01. The van der Waals surface area contributed by atoms with Crippen LogP contribution in [0.15, 0.2) is 48.8 Å². The lowest BCUT2D eigenvalue weighted by Crippen LogP contribution is -2.36. The van der Waals surface area contributed by atoms with Gasteiger partial charge in [-0.25, -0.2) is 9.97 Å². The van der Waals surface area contributed by atoms with Crippen LogP contribution in [0.5, 0.6) is 0 Å². The van der Waals surface area contributed by atoms with Crippen LogP contribution in [0.4, 0.5) is 5.95 Å². The van der Waals surface area contributed by atoms with E-state index in [4.69, 9.17) is 4.74 Å². The molecule has 1 aromatic carbocycles. The second-order valence-corrected chi connectivity index (χ2v) is 5.76. The Balaban J connectivity index is 1.58. The van der Waals surface area contributed by atoms with E-state index in [9.17, 15) is 0 Å². The average Bonchev–Trinajstić information content (AvgIpc) is 2.62. The van der Waals surface area contributed by atoms with Crippen molar-refractivity contribution in [3.05, 3.63) is 54.4 Å². The zero-order valence-corrected chi connectivity index (χ0v) is 13.5. The van der Waals surface area contributed by atoms with Crippen LogP contribution in [0, 0.1) is 0 Å². The molecule has 1 aromatic heterocycles. The second kappa shape index (κ2) is 8.60. The predicted molar refractivity (Wildman–Crippen MR) is 91.4 cm³/mol. The highest BCUT2D eigenvalue weighted by atomic mass is 16.5. The van der Waals surface area contributed by atoms with Crippen LogP contribution in [-0.4, -0.2) is 54.3 Å². The van der Waals surface area contributed by atoms with Crippen LogP contribution in [0.3, 0.4) is 0 Å². The fourth-order valence-corrected chi connectivity index (χ4v) is 2.83. The average molecular weight is 312 g/mol. The molecule has 5 nitrogen and oxygen atoms in total. The topological polar surface area (TPSA) is 41.5 Å². The summed E-state index contributed by atoms with van der Waals surface area (Å²) in [5, 5.41) is 0. The number of ether oxygens (including phenoxy) is 1. The summed E-state index contributed by atoms with van der Waals surface area (Å²) in [4.78, 5) is 13.4. The van der Waals surface area contributed by atoms with Gasteiger partial charge in [0.15, 0.2) is 0 Å². The van der Waals surface area contributed by atoms with Crippen LogP contribution in [-0.2, 0) is 11.3 Å². The minimum Gasteiger partial charge on any atom is -0.378 e. The van der Waals surface area contributed by atoms with Crippen molar-refractivity contribution in [2.75, 3.05) is 44.3 Å². The Hall–Kier alpha value is -1.98. The molecule has 0 N–H and O–H groups in total. The van der Waals surface area contributed by atoms with Gasteiger partial charge in [0.25, 0.3) is 0 Å². The van der Waals surface area contributed by atoms with Crippen molar-refractivity contribution in [3.8, 4) is 0 Å². The fourth-order valence-electron chi connectivity index (χ4n) is 2.83. The third-order valence-electron chi connectivity index (χ3n) is 4.04. The molecule has 1 fully saturated rings. The highest BCUT2D eigenvalue weighted by molar-refractivity contribution is 5.28. The molecule has 0 bridgehead atoms. The van der Waals surface area contributed by atoms with Crippen LogP contribution in [0.2, 0.25) is 0 Å². The summed E-state index contributed by atoms with van der Waals surface area (Å²) in [5.74, 6) is 0.797. The molecule has 0 spiro atoms. The summed E-state index contributed by atoms with van der Waals surface area (Å²) < 4.78 is 5.79. The van der Waals surface area contributed by atoms with Crippen molar-refractivity contribution in [3.63, 3.8) is 0 Å². The van der Waals surface area contributed by atoms with Gasteiger partial charge >= 0.3 is 0 Å². The van der Waals surface area contributed by atoms with E-state index in [0.29, 0.717) is 0 Å². The summed E-state index contributed by atoms with van der Waals surface area (Å²) in [5.41, 5.74) is 1.35. The van der Waals surface area contributed by atoms with E-state index >= 15 is 0 Å². The SMILES string of the molecule is c1ccc(CN2CCCN(c3ncccn3)CCOCC2)cc1. The van der Waals surface area contributed by atoms with Crippen molar-refractivity contribution in [1.29, 1.82) is 0 Å². The van der Waals surface area contributed by atoms with Gasteiger partial charge in [0.05, 0.1) is 13.2 Å². The van der Waals surface area contributed by atoms with E-state index in [1.165, 1.54) is 5.56 Å². The maximum atomic E-state index is 5.79. The molecule has 0 atom stereocenters. The largest absolute Gasteiger partial charge is 0.378 e. The van der Waals surface area contributed by atoms with E-state index in [0.717, 1.165) is 58.3 Å². The maximum absolute atomic E-state index is 5.79. The summed E-state index contributed by atoms with van der Waals surface area (Å²) in [6.45, 7) is 6.32. The molecule has 5 heteroatoms. The number of benzene rings is 1. The molecule has 0 amide bonds. The lowest BCUT2D eigenvalue weighted by Gasteiger charge is -2.28. The Morgan fingerprint density at radius 1 is 0.870 bits per heavy atom. The quantitative estimate of drug-likeness (QED) is 0.869. The Morgan fingerprint density at radius 3 is 2.48 bits per heavy atom. The molecule has 122 valence electrons. The molecule has 23 heavy (non-hydrogen) atoms. The lowest BCUT2D eigenvalue weighted by atomic mass is 10.2. The first kappa shape index (κ1) is 15.9. The van der Waals surface area contributed by atoms with E-state index in [1.54, 1.807) is 12.4 Å². The monoisotopic (exact) mass is 312 g/mol. The Bertz CT molecular complexity index is 564. The number of rotatable bonds is 3. The van der Waals surface area contributed by atoms with Crippen LogP contribution < -0.4 is 4.90 Å². The molecule has 0 saturated carbocycles. The molecule has 2 heterocycles. The first-order valence-corrected chi connectivity index (χ1v) is 8.28. The summed E-state index contributed by atoms with van der Waals surface area (Å²) in [6, 6.07) is 12.5. The molecule has 3 rings (SSSR count). The van der Waals surface area contributed by atoms with Crippen LogP contribution in [0.25, 0.3) is 0 Å². The van der Waals surface area contributed by atoms with Crippen molar-refractivity contribution in [2.24, 2.45) is 0 Å². The molecular formula is C18H24N4O. The molecule has 1 saturated heterocycles. The van der Waals surface area contributed by atoms with E-state index in [-0.39, 0.29) is 0 Å². The van der Waals surface area contributed by atoms with Crippen molar-refractivity contribution in [2.45, 2.75) is 13.0 Å². The van der Waals surface area contributed by atoms with Crippen LogP contribution in [0.1, 0.15) is 12.0 Å². The van der Waals surface area contributed by atoms with Gasteiger partial charge in [0.2, 0.25) is 5.95 Å². The molecule has 1 aliphatic heterocycles. The first-order valence-electron chi connectivity index (χ1n) is 8.28. The van der Waals surface area contributed by atoms with Gasteiger partial charge in [0, 0.05) is 45.1 Å². The minimum atomic E-state index is 0.720. The maximum Gasteiger partial charge on any atom is 0.225 e. The van der Waals surface area contributed by atoms with Crippen molar-refractivity contribution >= 4 is 5.95 Å². The zero-order chi connectivity index (χ0) is 15.7. The van der Waals surface area contributed by atoms with E-state index in [1.807, 2.05) is 6.07 Å². The molecule has 0 unspecified atom stereocenters. The Labute approximate surface area is 137 Å². The highest BCUT2D eigenvalue weighted by Crippen LogP contribution is 2.10. The van der Waals surface area contributed by atoms with E-state index in [2.05, 4.69) is 50.1 Å². The molecule has 0 aliphatic carbocycles. The second-order valence-electron chi connectivity index (χ2n) is 5.76. The van der Waals surface area contributed by atoms with Gasteiger partial charge in [-0.15, -0.1) is 0 Å². The summed E-state index contributed by atoms with van der Waals surface area (Å²) in [7, 11) is 0. The highest BCUT2D eigenvalue weighted by Gasteiger charge is 2.13. The van der Waals surface area contributed by atoms with Crippen molar-refractivity contribution in [1.82, 2.24) is 14.9 Å². The molecule has 0 radical (unpaired) electrons. The van der Waals surface area contributed by atoms with Gasteiger partial charge in [-0.2, -0.15) is 0 Å². The lowest BCUT2D eigenvalue weighted by molar-refractivity contribution is 0.100. The fraction of sp³-hybridized carbons (Fsp3) is 0.444. The number of anilines is 1. The Kier molecular flexibility index (Phi) is 5.94. The third-order valence-corrected chi connectivity index (χ3v) is 4.04. The van der Waals surface area contributed by atoms with Crippen LogP contribution >= 0.6 is 0 Å². The van der Waals surface area contributed by atoms with E-state index < -0.39 is 0 Å². The van der Waals surface area contributed by atoms with Gasteiger partial charge in [-0.05, 0) is 18.1 Å². The number of hydrogen-bond donors (Lipinski definition) is 0. The molecule has 2 aromatic rings. The van der Waals surface area contributed by atoms with Gasteiger partial charge in [-0.3, -0.25) is 4.90 Å². The van der Waals surface area contributed by atoms with Crippen molar-refractivity contribution < 1.29 is 4.74 Å². The number of nitrogens with zero attached hydrogens (tertiary/aromatic N) is 4. The zero-order valence-electron chi connectivity index (χ0n) is 13.5. The Morgan fingerprint density at radius 2 is 1.65 bits per heavy atom. The molecular weight excluding hydrogens is 288 g/mol. The molecule has 1 aliphatic rings. The normalized spacial score (nSPS) is 17.8. The summed E-state index contributed by atoms with van der Waals surface area (Å²) in [6.07, 6.45) is 4.69.